The van der Waals surface area contributed by atoms with Gasteiger partial charge in [0.05, 0.1) is 30.1 Å². The molecule has 0 aliphatic carbocycles. The molecule has 2 aromatic carbocycles. The van der Waals surface area contributed by atoms with Gasteiger partial charge in [-0.2, -0.15) is 0 Å². The first kappa shape index (κ1) is 14.8. The van der Waals surface area contributed by atoms with E-state index in [9.17, 15) is 9.59 Å². The van der Waals surface area contributed by atoms with Crippen LogP contribution in [0.2, 0.25) is 0 Å². The number of nitrogens with zero attached hydrogens (tertiary/aromatic N) is 2. The molecule has 0 bridgehead atoms. The number of methoxy groups -OCH3 is 1. The van der Waals surface area contributed by atoms with Crippen LogP contribution in [0.15, 0.2) is 48.5 Å². The van der Waals surface area contributed by atoms with Gasteiger partial charge in [0.25, 0.3) is 6.47 Å². The summed E-state index contributed by atoms with van der Waals surface area (Å²) in [5, 5.41) is 4.77. The maximum Gasteiger partial charge on any atom is 0.338 e. The zero-order valence-electron chi connectivity index (χ0n) is 12.4. The number of rotatable bonds is 5. The molecule has 0 unspecified atom stereocenters. The van der Waals surface area contributed by atoms with Crippen LogP contribution in [0.3, 0.4) is 0 Å². The van der Waals surface area contributed by atoms with Gasteiger partial charge in [0, 0.05) is 0 Å². The van der Waals surface area contributed by atoms with E-state index in [1.165, 1.54) is 7.11 Å². The molecule has 0 amide bonds. The Hall–Kier alpha value is -3.15. The maximum absolute atomic E-state index is 11.9. The zero-order valence-corrected chi connectivity index (χ0v) is 12.4. The highest BCUT2D eigenvalue weighted by Gasteiger charge is 2.20. The number of benzene rings is 2. The maximum atomic E-state index is 11.9. The van der Waals surface area contributed by atoms with Gasteiger partial charge in [-0.3, -0.25) is 9.48 Å². The quantitative estimate of drug-likeness (QED) is 0.534. The number of carbonyl (C=O) groups excluding carboxylic acids is 2. The lowest BCUT2D eigenvalue weighted by Gasteiger charge is -2.04. The molecule has 0 saturated carbocycles. The van der Waals surface area contributed by atoms with Crippen LogP contribution in [0, 0.1) is 0 Å². The Labute approximate surface area is 132 Å². The molecular formula is C17H14N2O4. The van der Waals surface area contributed by atoms with Crippen molar-refractivity contribution in [2.45, 2.75) is 6.54 Å². The minimum Gasteiger partial charge on any atom is -0.465 e. The Morgan fingerprint density at radius 3 is 2.65 bits per heavy atom. The topological polar surface area (TPSA) is 70.4 Å². The summed E-state index contributed by atoms with van der Waals surface area (Å²) in [6.45, 7) is 0.785. The lowest BCUT2D eigenvalue weighted by molar-refractivity contribution is -0.120. The molecule has 1 aromatic heterocycles. The van der Waals surface area contributed by atoms with Crippen molar-refractivity contribution in [2.75, 3.05) is 7.11 Å². The minimum atomic E-state index is -0.509. The molecule has 3 aromatic rings. The summed E-state index contributed by atoms with van der Waals surface area (Å²) in [6, 6.07) is 14.9. The zero-order chi connectivity index (χ0) is 16.2. The standard InChI is InChI=1S/C17H14N2O4/c1-22-17(21)13-8-5-9-14-15(13)16(23-11-20)18-19(14)10-12-6-3-2-4-7-12/h2-9,11H,10H2,1H3. The van der Waals surface area contributed by atoms with E-state index in [0.717, 1.165) is 5.56 Å². The van der Waals surface area contributed by atoms with Gasteiger partial charge in [0.2, 0.25) is 5.88 Å². The van der Waals surface area contributed by atoms with Crippen LogP contribution in [0.5, 0.6) is 5.88 Å². The third kappa shape index (κ3) is 2.78. The lowest BCUT2D eigenvalue weighted by atomic mass is 10.1. The van der Waals surface area contributed by atoms with E-state index in [0.29, 0.717) is 29.5 Å². The number of fused-ring (bicyclic) bond motifs is 1. The number of aromatic nitrogens is 2. The molecule has 0 aliphatic rings. The van der Waals surface area contributed by atoms with Crippen LogP contribution in [-0.4, -0.2) is 29.3 Å². The summed E-state index contributed by atoms with van der Waals surface area (Å²) < 4.78 is 11.4. The molecule has 3 rings (SSSR count). The average Bonchev–Trinajstić information content (AvgIpc) is 2.93. The number of ether oxygens (including phenoxy) is 2. The predicted octanol–water partition coefficient (Wildman–Crippen LogP) is 2.41. The Morgan fingerprint density at radius 1 is 1.17 bits per heavy atom. The van der Waals surface area contributed by atoms with Crippen LogP contribution >= 0.6 is 0 Å². The van der Waals surface area contributed by atoms with Crippen LogP contribution in [-0.2, 0) is 16.1 Å². The molecule has 0 radical (unpaired) electrons. The van der Waals surface area contributed by atoms with E-state index in [2.05, 4.69) is 5.10 Å². The van der Waals surface area contributed by atoms with E-state index >= 15 is 0 Å². The van der Waals surface area contributed by atoms with Crippen LogP contribution in [0.25, 0.3) is 10.9 Å². The summed E-state index contributed by atoms with van der Waals surface area (Å²) in [4.78, 5) is 22.7. The molecule has 6 nitrogen and oxygen atoms in total. The summed E-state index contributed by atoms with van der Waals surface area (Å²) in [6.07, 6.45) is 0. The Kier molecular flexibility index (Phi) is 4.05. The van der Waals surface area contributed by atoms with Crippen LogP contribution < -0.4 is 4.74 Å². The molecule has 0 spiro atoms. The first-order valence-electron chi connectivity index (χ1n) is 6.96. The minimum absolute atomic E-state index is 0.0898. The summed E-state index contributed by atoms with van der Waals surface area (Å²) in [5.41, 5.74) is 2.03. The van der Waals surface area contributed by atoms with Crippen molar-refractivity contribution in [3.8, 4) is 5.88 Å². The number of hydrogen-bond donors (Lipinski definition) is 0. The van der Waals surface area contributed by atoms with Crippen molar-refractivity contribution in [2.24, 2.45) is 0 Å². The van der Waals surface area contributed by atoms with Gasteiger partial charge < -0.3 is 9.47 Å². The number of esters is 1. The second-order valence-corrected chi connectivity index (χ2v) is 4.85. The van der Waals surface area contributed by atoms with Gasteiger partial charge in [-0.15, -0.1) is 5.10 Å². The van der Waals surface area contributed by atoms with Crippen molar-refractivity contribution >= 4 is 23.3 Å². The van der Waals surface area contributed by atoms with Gasteiger partial charge in [-0.05, 0) is 17.7 Å². The Bertz CT molecular complexity index is 856. The van der Waals surface area contributed by atoms with Crippen molar-refractivity contribution in [1.29, 1.82) is 0 Å². The normalized spacial score (nSPS) is 10.5. The second kappa shape index (κ2) is 6.31. The van der Waals surface area contributed by atoms with Gasteiger partial charge in [-0.25, -0.2) is 4.79 Å². The first-order chi connectivity index (χ1) is 11.2. The fourth-order valence-electron chi connectivity index (χ4n) is 2.48. The third-order valence-electron chi connectivity index (χ3n) is 3.49. The van der Waals surface area contributed by atoms with Crippen LogP contribution in [0.1, 0.15) is 15.9 Å². The molecule has 0 N–H and O–H groups in total. The summed E-state index contributed by atoms with van der Waals surface area (Å²) in [5.74, 6) is -0.419. The lowest BCUT2D eigenvalue weighted by Crippen LogP contribution is -2.03. The molecule has 0 atom stereocenters. The SMILES string of the molecule is COC(=O)c1cccc2c1c(OC=O)nn2Cc1ccccc1. The summed E-state index contributed by atoms with van der Waals surface area (Å²) in [7, 11) is 1.30. The van der Waals surface area contributed by atoms with Gasteiger partial charge in [-0.1, -0.05) is 36.4 Å². The highest BCUT2D eigenvalue weighted by Crippen LogP contribution is 2.29. The van der Waals surface area contributed by atoms with Gasteiger partial charge in [0.1, 0.15) is 0 Å². The Balaban J connectivity index is 2.16. The average molecular weight is 310 g/mol. The second-order valence-electron chi connectivity index (χ2n) is 4.85. The van der Waals surface area contributed by atoms with Gasteiger partial charge in [0.15, 0.2) is 0 Å². The van der Waals surface area contributed by atoms with Crippen molar-refractivity contribution in [3.05, 3.63) is 59.7 Å². The Morgan fingerprint density at radius 2 is 1.96 bits per heavy atom. The fraction of sp³-hybridized carbons (Fsp3) is 0.118. The third-order valence-corrected chi connectivity index (χ3v) is 3.49. The molecule has 6 heteroatoms. The monoisotopic (exact) mass is 310 g/mol. The molecule has 1 heterocycles. The van der Waals surface area contributed by atoms with E-state index < -0.39 is 5.97 Å². The molecule has 0 aliphatic heterocycles. The highest BCUT2D eigenvalue weighted by atomic mass is 16.5. The molecule has 116 valence electrons. The smallest absolute Gasteiger partial charge is 0.338 e. The van der Waals surface area contributed by atoms with E-state index in [1.54, 1.807) is 16.8 Å². The molecular weight excluding hydrogens is 296 g/mol. The number of hydrogen-bond acceptors (Lipinski definition) is 5. The van der Waals surface area contributed by atoms with Gasteiger partial charge >= 0.3 is 5.97 Å². The molecule has 0 fully saturated rings. The van der Waals surface area contributed by atoms with Crippen molar-refractivity contribution in [3.63, 3.8) is 0 Å². The fourth-order valence-corrected chi connectivity index (χ4v) is 2.48. The predicted molar refractivity (Wildman–Crippen MR) is 83.3 cm³/mol. The van der Waals surface area contributed by atoms with E-state index in [-0.39, 0.29) is 5.88 Å². The van der Waals surface area contributed by atoms with E-state index in [1.807, 2.05) is 36.4 Å². The van der Waals surface area contributed by atoms with Crippen molar-refractivity contribution < 1.29 is 19.1 Å². The van der Waals surface area contributed by atoms with E-state index in [4.69, 9.17) is 9.47 Å². The summed E-state index contributed by atoms with van der Waals surface area (Å²) >= 11 is 0. The highest BCUT2D eigenvalue weighted by molar-refractivity contribution is 6.06. The first-order valence-corrected chi connectivity index (χ1v) is 6.96. The number of carbonyl (C=O) groups is 2. The van der Waals surface area contributed by atoms with Crippen LogP contribution in [0.4, 0.5) is 0 Å². The molecule has 23 heavy (non-hydrogen) atoms. The van der Waals surface area contributed by atoms with Crippen molar-refractivity contribution in [1.82, 2.24) is 9.78 Å². The largest absolute Gasteiger partial charge is 0.465 e. The molecule has 0 saturated heterocycles.